The number of aromatic nitrogens is 1. The maximum atomic E-state index is 12.2. The monoisotopic (exact) mass is 305 g/mol. The van der Waals surface area contributed by atoms with Crippen molar-refractivity contribution in [3.63, 3.8) is 0 Å². The second-order valence-electron chi connectivity index (χ2n) is 6.95. The number of likely N-dealkylation sites (tertiary alicyclic amines) is 1. The predicted molar refractivity (Wildman–Crippen MR) is 86.6 cm³/mol. The zero-order valence-electron chi connectivity index (χ0n) is 14.1. The van der Waals surface area contributed by atoms with Gasteiger partial charge in [0.15, 0.2) is 0 Å². The summed E-state index contributed by atoms with van der Waals surface area (Å²) in [5, 5.41) is 3.54. The van der Waals surface area contributed by atoms with Crippen molar-refractivity contribution in [1.29, 1.82) is 0 Å². The molecular weight excluding hydrogens is 278 g/mol. The van der Waals surface area contributed by atoms with Gasteiger partial charge in [-0.2, -0.15) is 0 Å². The maximum Gasteiger partial charge on any atom is 0.410 e. The molecule has 1 unspecified atom stereocenters. The Kier molecular flexibility index (Phi) is 5.40. The zero-order valence-corrected chi connectivity index (χ0v) is 14.1. The molecule has 2 rings (SSSR count). The van der Waals surface area contributed by atoms with E-state index in [0.29, 0.717) is 12.6 Å². The van der Waals surface area contributed by atoms with E-state index in [2.05, 4.69) is 17.2 Å². The van der Waals surface area contributed by atoms with Crippen LogP contribution >= 0.6 is 0 Å². The van der Waals surface area contributed by atoms with E-state index < -0.39 is 5.60 Å². The molecule has 1 amide bonds. The van der Waals surface area contributed by atoms with Crippen LogP contribution < -0.4 is 5.32 Å². The average molecular weight is 305 g/mol. The molecule has 1 aliphatic heterocycles. The molecule has 122 valence electrons. The van der Waals surface area contributed by atoms with E-state index in [9.17, 15) is 4.79 Å². The molecule has 5 heteroatoms. The van der Waals surface area contributed by atoms with Gasteiger partial charge >= 0.3 is 6.09 Å². The number of rotatable bonds is 3. The predicted octanol–water partition coefficient (Wildman–Crippen LogP) is 2.88. The molecule has 0 radical (unpaired) electrons. The van der Waals surface area contributed by atoms with E-state index in [4.69, 9.17) is 4.74 Å². The Labute approximate surface area is 133 Å². The Balaban J connectivity index is 1.86. The van der Waals surface area contributed by atoms with Gasteiger partial charge in [0.25, 0.3) is 0 Å². The molecular formula is C17H27N3O2. The van der Waals surface area contributed by atoms with Crippen LogP contribution in [0.2, 0.25) is 0 Å². The summed E-state index contributed by atoms with van der Waals surface area (Å²) < 4.78 is 5.46. The molecule has 2 heterocycles. The minimum atomic E-state index is -0.440. The molecule has 1 saturated heterocycles. The number of hydrogen-bond acceptors (Lipinski definition) is 4. The highest BCUT2D eigenvalue weighted by atomic mass is 16.6. The lowest BCUT2D eigenvalue weighted by atomic mass is 10.1. The smallest absolute Gasteiger partial charge is 0.410 e. The Morgan fingerprint density at radius 2 is 2.27 bits per heavy atom. The Morgan fingerprint density at radius 3 is 2.95 bits per heavy atom. The van der Waals surface area contributed by atoms with Gasteiger partial charge in [0.2, 0.25) is 0 Å². The van der Waals surface area contributed by atoms with Crippen LogP contribution in [-0.2, 0) is 11.3 Å². The van der Waals surface area contributed by atoms with Gasteiger partial charge in [0.05, 0.1) is 0 Å². The normalized spacial score (nSPS) is 19.1. The molecule has 0 saturated carbocycles. The first kappa shape index (κ1) is 16.7. The fourth-order valence-corrected chi connectivity index (χ4v) is 2.57. The average Bonchev–Trinajstić information content (AvgIpc) is 2.45. The highest BCUT2D eigenvalue weighted by Crippen LogP contribution is 2.16. The molecule has 0 bridgehead atoms. The van der Waals surface area contributed by atoms with Gasteiger partial charge in [-0.3, -0.25) is 4.98 Å². The van der Waals surface area contributed by atoms with Crippen LogP contribution in [0.5, 0.6) is 0 Å². The van der Waals surface area contributed by atoms with Gasteiger partial charge in [0, 0.05) is 38.1 Å². The number of carbonyl (C=O) groups is 1. The Bertz CT molecular complexity index is 511. The summed E-state index contributed by atoms with van der Waals surface area (Å²) >= 11 is 0. The third kappa shape index (κ3) is 4.98. The van der Waals surface area contributed by atoms with Crippen LogP contribution in [0.15, 0.2) is 18.5 Å². The van der Waals surface area contributed by atoms with Gasteiger partial charge in [-0.25, -0.2) is 4.79 Å². The number of pyridine rings is 1. The number of nitrogens with one attached hydrogen (secondary N) is 1. The number of nitrogens with zero attached hydrogens (tertiary/aromatic N) is 2. The lowest BCUT2D eigenvalue weighted by Crippen LogP contribution is -2.49. The number of aryl methyl sites for hydroxylation is 1. The molecule has 1 aliphatic rings. The second-order valence-corrected chi connectivity index (χ2v) is 6.95. The third-order valence-electron chi connectivity index (χ3n) is 3.80. The van der Waals surface area contributed by atoms with E-state index in [1.807, 2.05) is 44.1 Å². The van der Waals surface area contributed by atoms with Gasteiger partial charge in [-0.05, 0) is 57.7 Å². The molecule has 1 fully saturated rings. The molecule has 0 spiro atoms. The third-order valence-corrected chi connectivity index (χ3v) is 3.80. The lowest BCUT2D eigenvalue weighted by molar-refractivity contribution is 0.0187. The number of carbonyl (C=O) groups excluding carboxylic acids is 1. The lowest BCUT2D eigenvalue weighted by Gasteiger charge is -2.34. The molecule has 5 nitrogen and oxygen atoms in total. The van der Waals surface area contributed by atoms with Crippen molar-refractivity contribution in [1.82, 2.24) is 15.2 Å². The van der Waals surface area contributed by atoms with Crippen molar-refractivity contribution < 1.29 is 9.53 Å². The van der Waals surface area contributed by atoms with E-state index in [1.54, 1.807) is 0 Å². The van der Waals surface area contributed by atoms with E-state index in [-0.39, 0.29) is 6.09 Å². The van der Waals surface area contributed by atoms with Crippen LogP contribution in [0, 0.1) is 6.92 Å². The summed E-state index contributed by atoms with van der Waals surface area (Å²) in [6.45, 7) is 10.0. The first-order valence-corrected chi connectivity index (χ1v) is 7.96. The summed E-state index contributed by atoms with van der Waals surface area (Å²) in [6, 6.07) is 2.33. The van der Waals surface area contributed by atoms with Crippen LogP contribution in [0.3, 0.4) is 0 Å². The minimum absolute atomic E-state index is 0.212. The molecule has 1 aromatic rings. The zero-order chi connectivity index (χ0) is 16.2. The molecule has 1 atom stereocenters. The van der Waals surface area contributed by atoms with Crippen molar-refractivity contribution in [3.05, 3.63) is 29.6 Å². The van der Waals surface area contributed by atoms with Crippen molar-refractivity contribution in [3.8, 4) is 0 Å². The summed E-state index contributed by atoms with van der Waals surface area (Å²) in [6.07, 6.45) is 5.58. The van der Waals surface area contributed by atoms with Gasteiger partial charge in [-0.1, -0.05) is 0 Å². The van der Waals surface area contributed by atoms with Gasteiger partial charge in [0.1, 0.15) is 5.60 Å². The molecule has 0 aliphatic carbocycles. The number of ether oxygens (including phenoxy) is 1. The highest BCUT2D eigenvalue weighted by molar-refractivity contribution is 5.68. The van der Waals surface area contributed by atoms with E-state index in [1.165, 1.54) is 11.1 Å². The summed E-state index contributed by atoms with van der Waals surface area (Å²) in [4.78, 5) is 18.1. The summed E-state index contributed by atoms with van der Waals surface area (Å²) in [7, 11) is 0. The number of hydrogen-bond donors (Lipinski definition) is 1. The maximum absolute atomic E-state index is 12.2. The molecule has 1 aromatic heterocycles. The van der Waals surface area contributed by atoms with Crippen LogP contribution in [-0.4, -0.2) is 40.7 Å². The van der Waals surface area contributed by atoms with Crippen molar-refractivity contribution in [2.75, 3.05) is 13.1 Å². The second kappa shape index (κ2) is 7.09. The van der Waals surface area contributed by atoms with E-state index >= 15 is 0 Å². The topological polar surface area (TPSA) is 54.5 Å². The number of amides is 1. The number of piperidine rings is 1. The first-order valence-electron chi connectivity index (χ1n) is 7.96. The largest absolute Gasteiger partial charge is 0.444 e. The molecule has 22 heavy (non-hydrogen) atoms. The molecule has 0 aromatic carbocycles. The van der Waals surface area contributed by atoms with E-state index in [0.717, 1.165) is 25.9 Å². The van der Waals surface area contributed by atoms with Crippen LogP contribution in [0.1, 0.15) is 44.7 Å². The van der Waals surface area contributed by atoms with Crippen molar-refractivity contribution in [2.45, 2.75) is 58.7 Å². The highest BCUT2D eigenvalue weighted by Gasteiger charge is 2.27. The Morgan fingerprint density at radius 1 is 1.50 bits per heavy atom. The molecule has 1 N–H and O–H groups in total. The fourth-order valence-electron chi connectivity index (χ4n) is 2.57. The Hall–Kier alpha value is -1.62. The fraction of sp³-hybridized carbons (Fsp3) is 0.647. The van der Waals surface area contributed by atoms with Gasteiger partial charge < -0.3 is 15.0 Å². The van der Waals surface area contributed by atoms with Gasteiger partial charge in [-0.15, -0.1) is 0 Å². The summed E-state index contributed by atoms with van der Waals surface area (Å²) in [5.41, 5.74) is 2.00. The SMILES string of the molecule is Cc1ccncc1CNC1CCCN(C(=O)OC(C)(C)C)C1. The van der Waals surface area contributed by atoms with Crippen LogP contribution in [0.4, 0.5) is 4.79 Å². The quantitative estimate of drug-likeness (QED) is 0.933. The standard InChI is InChI=1S/C17H27N3O2/c1-13-7-8-18-10-14(13)11-19-15-6-5-9-20(12-15)16(21)22-17(2,3)4/h7-8,10,15,19H,5-6,9,11-12H2,1-4H3. The van der Waals surface area contributed by atoms with Crippen molar-refractivity contribution in [2.24, 2.45) is 0 Å². The first-order chi connectivity index (χ1) is 10.3. The van der Waals surface area contributed by atoms with Crippen LogP contribution in [0.25, 0.3) is 0 Å². The minimum Gasteiger partial charge on any atom is -0.444 e. The van der Waals surface area contributed by atoms with Crippen molar-refractivity contribution >= 4 is 6.09 Å². The summed E-state index contributed by atoms with van der Waals surface area (Å²) in [5.74, 6) is 0.